The number of aliphatic hydroxyl groups is 2. The number of anilines is 2. The number of halogens is 1. The average molecular weight is 593 g/mol. The number of rotatable bonds is 11. The number of aromatic nitrogens is 3. The first-order valence-corrected chi connectivity index (χ1v) is 14.8. The fraction of sp³-hybridized carbons (Fsp3) is 0.419. The molecule has 0 aliphatic carbocycles. The highest BCUT2D eigenvalue weighted by atomic mass is 35.5. The average Bonchev–Trinajstić information content (AvgIpc) is 3.53. The molecule has 1 unspecified atom stereocenters. The molecule has 1 fully saturated rings. The molecule has 5 rings (SSSR count). The molecule has 2 amide bonds. The van der Waals surface area contributed by atoms with Crippen LogP contribution in [0.15, 0.2) is 60.8 Å². The number of nitrogens with zero attached hydrogens (tertiary/aromatic N) is 4. The fourth-order valence-corrected chi connectivity index (χ4v) is 5.77. The molecule has 3 aromatic rings. The Balaban J connectivity index is 1.26. The summed E-state index contributed by atoms with van der Waals surface area (Å²) in [5.74, 6) is -0.968. The second kappa shape index (κ2) is 13.2. The fourth-order valence-electron chi connectivity index (χ4n) is 5.60. The van der Waals surface area contributed by atoms with Crippen LogP contribution < -0.4 is 15.5 Å². The first kappa shape index (κ1) is 29.9. The van der Waals surface area contributed by atoms with Gasteiger partial charge < -0.3 is 25.7 Å². The lowest BCUT2D eigenvalue weighted by Crippen LogP contribution is -2.44. The Morgan fingerprint density at radius 1 is 1.29 bits per heavy atom. The number of piperidine rings is 1. The van der Waals surface area contributed by atoms with Crippen LogP contribution in [-0.2, 0) is 34.7 Å². The predicted molar refractivity (Wildman–Crippen MR) is 161 cm³/mol. The van der Waals surface area contributed by atoms with Gasteiger partial charge in [0.05, 0.1) is 23.8 Å². The van der Waals surface area contributed by atoms with Crippen LogP contribution in [0, 0.1) is 11.8 Å². The van der Waals surface area contributed by atoms with Gasteiger partial charge >= 0.3 is 0 Å². The zero-order valence-electron chi connectivity index (χ0n) is 23.7. The minimum Gasteiger partial charge on any atom is -0.396 e. The monoisotopic (exact) mass is 592 g/mol. The summed E-state index contributed by atoms with van der Waals surface area (Å²) in [6, 6.07) is 12.6. The maximum Gasteiger partial charge on any atom is 0.264 e. The zero-order chi connectivity index (χ0) is 29.7. The van der Waals surface area contributed by atoms with Crippen LogP contribution in [0.25, 0.3) is 0 Å². The van der Waals surface area contributed by atoms with E-state index in [0.717, 1.165) is 30.6 Å². The van der Waals surface area contributed by atoms with Crippen LogP contribution in [0.4, 0.5) is 11.4 Å². The Kier molecular flexibility index (Phi) is 9.37. The number of amides is 2. The quantitative estimate of drug-likeness (QED) is 0.251. The molecule has 0 radical (unpaired) electrons. The summed E-state index contributed by atoms with van der Waals surface area (Å²) in [6.45, 7) is 4.32. The van der Waals surface area contributed by atoms with Crippen molar-refractivity contribution in [2.75, 3.05) is 29.9 Å². The molecule has 1 aromatic heterocycles. The third kappa shape index (κ3) is 6.42. The molecule has 0 saturated carbocycles. The van der Waals surface area contributed by atoms with Crippen LogP contribution in [-0.4, -0.2) is 56.7 Å². The molecule has 42 heavy (non-hydrogen) atoms. The van der Waals surface area contributed by atoms with Crippen molar-refractivity contribution in [1.29, 1.82) is 0 Å². The van der Waals surface area contributed by atoms with Crippen molar-refractivity contribution >= 4 is 34.8 Å². The van der Waals surface area contributed by atoms with E-state index in [1.165, 1.54) is 0 Å². The van der Waals surface area contributed by atoms with Gasteiger partial charge in [0.15, 0.2) is 5.60 Å². The summed E-state index contributed by atoms with van der Waals surface area (Å²) < 4.78 is 1.70. The van der Waals surface area contributed by atoms with Crippen molar-refractivity contribution in [3.05, 3.63) is 82.7 Å². The highest BCUT2D eigenvalue weighted by Gasteiger charge is 2.52. The number of aryl methyl sites for hydroxylation is 1. The van der Waals surface area contributed by atoms with E-state index >= 15 is 0 Å². The number of allylic oxidation sites excluding steroid dienone is 1. The van der Waals surface area contributed by atoms with E-state index in [1.54, 1.807) is 34.0 Å². The predicted octanol–water partition coefficient (Wildman–Crippen LogP) is 3.42. The summed E-state index contributed by atoms with van der Waals surface area (Å²) in [6.07, 6.45) is 8.52. The topological polar surface area (TPSA) is 133 Å². The Bertz CT molecular complexity index is 1440. The number of nitrogens with one attached hydrogen (secondary N) is 2. The lowest BCUT2D eigenvalue weighted by Gasteiger charge is -2.27. The van der Waals surface area contributed by atoms with Crippen molar-refractivity contribution in [3.63, 3.8) is 0 Å². The van der Waals surface area contributed by atoms with Crippen molar-refractivity contribution in [1.82, 2.24) is 20.3 Å². The maximum atomic E-state index is 13.8. The Labute approximate surface area is 250 Å². The maximum absolute atomic E-state index is 13.8. The lowest BCUT2D eigenvalue weighted by atomic mass is 9.83. The number of hydrogen-bond donors (Lipinski definition) is 4. The summed E-state index contributed by atoms with van der Waals surface area (Å²) >= 11 is 6.32. The summed E-state index contributed by atoms with van der Waals surface area (Å²) in [4.78, 5) is 28.0. The molecule has 2 aromatic carbocycles. The summed E-state index contributed by atoms with van der Waals surface area (Å²) in [5, 5.41) is 35.7. The Morgan fingerprint density at radius 3 is 2.83 bits per heavy atom. The molecule has 2 aliphatic heterocycles. The molecular formula is C31H37ClN6O4. The third-order valence-electron chi connectivity index (χ3n) is 8.02. The largest absolute Gasteiger partial charge is 0.396 e. The van der Waals surface area contributed by atoms with E-state index in [4.69, 9.17) is 16.7 Å². The number of carbonyl (C=O) groups is 2. The van der Waals surface area contributed by atoms with Gasteiger partial charge in [-0.2, -0.15) is 0 Å². The van der Waals surface area contributed by atoms with Gasteiger partial charge in [-0.3, -0.25) is 14.3 Å². The van der Waals surface area contributed by atoms with Crippen molar-refractivity contribution in [2.24, 2.45) is 11.8 Å². The second-order valence-corrected chi connectivity index (χ2v) is 11.4. The third-order valence-corrected chi connectivity index (χ3v) is 8.26. The van der Waals surface area contributed by atoms with Gasteiger partial charge in [-0.15, -0.1) is 5.10 Å². The molecule has 11 heteroatoms. The Hall–Kier alpha value is -3.57. The van der Waals surface area contributed by atoms with Gasteiger partial charge in [0, 0.05) is 54.5 Å². The van der Waals surface area contributed by atoms with E-state index in [-0.39, 0.29) is 25.0 Å². The second-order valence-electron chi connectivity index (χ2n) is 11.0. The standard InChI is InChI=1S/C31H37ClN6O4/c1-21(5-2-3-15-37-20-26(13-16-39)35-36-37)31(42)27-17-24(32)9-12-28(27)38(30(31)41)19-22-7-10-25(11-8-22)34-29(40)23-6-4-14-33-18-23/h2,5,7-12,17,20-21,23,33,39,42H,3-4,6,13-16,18-19H2,1H3,(H,34,40)/b5-2+/t21-,23?,31+/m0/s1. The van der Waals surface area contributed by atoms with E-state index in [9.17, 15) is 14.7 Å². The van der Waals surface area contributed by atoms with E-state index < -0.39 is 17.4 Å². The van der Waals surface area contributed by atoms with Gasteiger partial charge in [0.2, 0.25) is 5.91 Å². The van der Waals surface area contributed by atoms with Gasteiger partial charge in [0.1, 0.15) is 0 Å². The van der Waals surface area contributed by atoms with Gasteiger partial charge in [-0.1, -0.05) is 48.0 Å². The van der Waals surface area contributed by atoms with E-state index in [2.05, 4.69) is 20.9 Å². The highest BCUT2D eigenvalue weighted by Crippen LogP contribution is 2.46. The van der Waals surface area contributed by atoms with Crippen molar-refractivity contribution in [2.45, 2.75) is 51.3 Å². The van der Waals surface area contributed by atoms with Crippen LogP contribution in [0.1, 0.15) is 43.0 Å². The molecule has 3 heterocycles. The molecule has 1 saturated heterocycles. The number of fused-ring (bicyclic) bond motifs is 1. The highest BCUT2D eigenvalue weighted by molar-refractivity contribution is 6.31. The molecule has 4 N–H and O–H groups in total. The van der Waals surface area contributed by atoms with E-state index in [1.807, 2.05) is 43.3 Å². The number of aliphatic hydroxyl groups excluding tert-OH is 1. The van der Waals surface area contributed by atoms with Crippen LogP contribution in [0.5, 0.6) is 0 Å². The molecule has 222 valence electrons. The first-order chi connectivity index (χ1) is 20.3. The van der Waals surface area contributed by atoms with Crippen LogP contribution >= 0.6 is 11.6 Å². The SMILES string of the molecule is C[C@@H](/C=C/CCn1cc(CCO)nn1)[C@]1(O)C(=O)N(Cc2ccc(NC(=O)C3CCCNC3)cc2)c2ccc(Cl)cc21. The summed E-state index contributed by atoms with van der Waals surface area (Å²) in [5.41, 5.74) is 1.62. The molecule has 0 bridgehead atoms. The van der Waals surface area contributed by atoms with Gasteiger partial charge in [-0.25, -0.2) is 0 Å². The van der Waals surface area contributed by atoms with Crippen LogP contribution in [0.3, 0.4) is 0 Å². The number of hydrogen-bond acceptors (Lipinski definition) is 7. The molecule has 0 spiro atoms. The van der Waals surface area contributed by atoms with Crippen molar-refractivity contribution < 1.29 is 19.8 Å². The normalized spacial score (nSPS) is 21.1. The Morgan fingerprint density at radius 2 is 2.10 bits per heavy atom. The number of carbonyl (C=O) groups excluding carboxylic acids is 2. The number of benzene rings is 2. The smallest absolute Gasteiger partial charge is 0.264 e. The summed E-state index contributed by atoms with van der Waals surface area (Å²) in [7, 11) is 0. The molecular weight excluding hydrogens is 556 g/mol. The molecule has 3 atom stereocenters. The zero-order valence-corrected chi connectivity index (χ0v) is 24.4. The van der Waals surface area contributed by atoms with E-state index in [0.29, 0.717) is 47.9 Å². The molecule has 10 nitrogen and oxygen atoms in total. The van der Waals surface area contributed by atoms with Crippen molar-refractivity contribution in [3.8, 4) is 0 Å². The minimum atomic E-state index is -1.78. The lowest BCUT2D eigenvalue weighted by molar-refractivity contribution is -0.139. The first-order valence-electron chi connectivity index (χ1n) is 14.4. The van der Waals surface area contributed by atoms with Crippen LogP contribution in [0.2, 0.25) is 5.02 Å². The van der Waals surface area contributed by atoms with Gasteiger partial charge in [-0.05, 0) is 61.7 Å². The molecule has 2 aliphatic rings. The minimum absolute atomic E-state index is 0.00956. The van der Waals surface area contributed by atoms with Gasteiger partial charge in [0.25, 0.3) is 5.91 Å².